The molecule has 2 amide bonds. The van der Waals surface area contributed by atoms with Crippen molar-refractivity contribution in [2.24, 2.45) is 0 Å². The number of carbonyl (C=O) groups excluding carboxylic acids is 2. The van der Waals surface area contributed by atoms with Gasteiger partial charge in [0.25, 0.3) is 5.91 Å². The third-order valence-electron chi connectivity index (χ3n) is 3.32. The Morgan fingerprint density at radius 2 is 2.04 bits per heavy atom. The Balaban J connectivity index is 1.71. The maximum atomic E-state index is 12.3. The highest BCUT2D eigenvalue weighted by Crippen LogP contribution is 2.28. The van der Waals surface area contributed by atoms with Crippen molar-refractivity contribution < 1.29 is 14.0 Å². The Morgan fingerprint density at radius 1 is 1.23 bits per heavy atom. The molecule has 9 heteroatoms. The van der Waals surface area contributed by atoms with E-state index in [1.807, 2.05) is 0 Å². The molecule has 0 fully saturated rings. The molecule has 26 heavy (non-hydrogen) atoms. The van der Waals surface area contributed by atoms with E-state index >= 15 is 0 Å². The molecule has 3 rings (SSSR count). The molecule has 134 valence electrons. The third kappa shape index (κ3) is 4.43. The van der Waals surface area contributed by atoms with Crippen LogP contribution < -0.4 is 10.6 Å². The largest absolute Gasteiger partial charge is 0.458 e. The molecule has 0 saturated heterocycles. The zero-order valence-corrected chi connectivity index (χ0v) is 15.8. The standard InChI is InChI=1S/C17H13Cl2N3O3S/c1-9(23)20-7-11-3-5-15(25-11)14-8-26-17(21-14)22-16(24)12-6-10(18)2-4-13(12)19/h2-6,8H,7H2,1H3,(H,20,23)(H,21,22,24). The van der Waals surface area contributed by atoms with Crippen LogP contribution in [0.15, 0.2) is 40.1 Å². The van der Waals surface area contributed by atoms with Crippen LogP contribution in [-0.4, -0.2) is 16.8 Å². The smallest absolute Gasteiger partial charge is 0.259 e. The number of carbonyl (C=O) groups is 2. The second-order valence-corrected chi connectivity index (χ2v) is 6.99. The zero-order valence-electron chi connectivity index (χ0n) is 13.5. The molecule has 0 atom stereocenters. The molecular weight excluding hydrogens is 397 g/mol. The predicted molar refractivity (Wildman–Crippen MR) is 102 cm³/mol. The molecule has 0 aliphatic heterocycles. The summed E-state index contributed by atoms with van der Waals surface area (Å²) in [6, 6.07) is 8.18. The molecule has 0 bridgehead atoms. The maximum absolute atomic E-state index is 12.3. The Hall–Kier alpha value is -2.35. The van der Waals surface area contributed by atoms with Crippen molar-refractivity contribution >= 4 is 51.5 Å². The van der Waals surface area contributed by atoms with Gasteiger partial charge in [0, 0.05) is 17.3 Å². The zero-order chi connectivity index (χ0) is 18.7. The second kappa shape index (κ2) is 7.90. The van der Waals surface area contributed by atoms with Gasteiger partial charge < -0.3 is 9.73 Å². The number of benzene rings is 1. The van der Waals surface area contributed by atoms with Crippen LogP contribution in [0, 0.1) is 0 Å². The van der Waals surface area contributed by atoms with Crippen molar-refractivity contribution in [2.75, 3.05) is 5.32 Å². The Kier molecular flexibility index (Phi) is 5.61. The number of anilines is 1. The van der Waals surface area contributed by atoms with Crippen LogP contribution in [0.2, 0.25) is 10.0 Å². The number of amides is 2. The number of hydrogen-bond acceptors (Lipinski definition) is 5. The van der Waals surface area contributed by atoms with Crippen LogP contribution in [0.3, 0.4) is 0 Å². The van der Waals surface area contributed by atoms with Crippen molar-refractivity contribution in [3.8, 4) is 11.5 Å². The summed E-state index contributed by atoms with van der Waals surface area (Å²) in [6.07, 6.45) is 0. The molecule has 1 aromatic carbocycles. The lowest BCUT2D eigenvalue weighted by molar-refractivity contribution is -0.119. The molecule has 2 aromatic heterocycles. The summed E-state index contributed by atoms with van der Waals surface area (Å²) in [5.41, 5.74) is 0.850. The first-order valence-electron chi connectivity index (χ1n) is 7.48. The number of halogens is 2. The van der Waals surface area contributed by atoms with E-state index < -0.39 is 5.91 Å². The predicted octanol–water partition coefficient (Wildman–Crippen LogP) is 4.60. The van der Waals surface area contributed by atoms with E-state index in [1.54, 1.807) is 29.6 Å². The quantitative estimate of drug-likeness (QED) is 0.644. The third-order valence-corrected chi connectivity index (χ3v) is 4.65. The number of aromatic nitrogens is 1. The molecule has 6 nitrogen and oxygen atoms in total. The van der Waals surface area contributed by atoms with Crippen LogP contribution in [0.25, 0.3) is 11.5 Å². The van der Waals surface area contributed by atoms with Gasteiger partial charge >= 0.3 is 0 Å². The lowest BCUT2D eigenvalue weighted by atomic mass is 10.2. The number of nitrogens with one attached hydrogen (secondary N) is 2. The van der Waals surface area contributed by atoms with Crippen LogP contribution in [0.4, 0.5) is 5.13 Å². The van der Waals surface area contributed by atoms with Crippen molar-refractivity contribution in [2.45, 2.75) is 13.5 Å². The highest BCUT2D eigenvalue weighted by atomic mass is 35.5. The van der Waals surface area contributed by atoms with Crippen molar-refractivity contribution in [3.63, 3.8) is 0 Å². The number of thiazole rings is 1. The van der Waals surface area contributed by atoms with Gasteiger partial charge in [-0.25, -0.2) is 4.98 Å². The second-order valence-electron chi connectivity index (χ2n) is 5.29. The lowest BCUT2D eigenvalue weighted by Gasteiger charge is -2.04. The molecule has 0 unspecified atom stereocenters. The summed E-state index contributed by atoms with van der Waals surface area (Å²) < 4.78 is 5.64. The summed E-state index contributed by atoms with van der Waals surface area (Å²) in [7, 11) is 0. The van der Waals surface area contributed by atoms with E-state index in [4.69, 9.17) is 27.6 Å². The summed E-state index contributed by atoms with van der Waals surface area (Å²) in [5, 5.41) is 8.23. The van der Waals surface area contributed by atoms with Gasteiger partial charge in [0.15, 0.2) is 10.9 Å². The van der Waals surface area contributed by atoms with E-state index in [2.05, 4.69) is 15.6 Å². The van der Waals surface area contributed by atoms with Gasteiger partial charge in [-0.2, -0.15) is 0 Å². The fraction of sp³-hybridized carbons (Fsp3) is 0.118. The molecule has 0 aliphatic carbocycles. The minimum absolute atomic E-state index is 0.138. The first-order chi connectivity index (χ1) is 12.4. The summed E-state index contributed by atoms with van der Waals surface area (Å²) in [4.78, 5) is 27.6. The fourth-order valence-corrected chi connectivity index (χ4v) is 3.17. The monoisotopic (exact) mass is 409 g/mol. The maximum Gasteiger partial charge on any atom is 0.259 e. The fourth-order valence-electron chi connectivity index (χ4n) is 2.10. The van der Waals surface area contributed by atoms with Crippen molar-refractivity contribution in [3.05, 3.63) is 57.1 Å². The molecule has 0 radical (unpaired) electrons. The average Bonchev–Trinajstić information content (AvgIpc) is 3.24. The van der Waals surface area contributed by atoms with Crippen molar-refractivity contribution in [1.82, 2.24) is 10.3 Å². The molecule has 3 aromatic rings. The van der Waals surface area contributed by atoms with Crippen LogP contribution in [-0.2, 0) is 11.3 Å². The van der Waals surface area contributed by atoms with Crippen LogP contribution in [0.1, 0.15) is 23.0 Å². The van der Waals surface area contributed by atoms with E-state index in [-0.39, 0.29) is 11.5 Å². The summed E-state index contributed by atoms with van der Waals surface area (Å²) >= 11 is 13.2. The van der Waals surface area contributed by atoms with E-state index in [9.17, 15) is 9.59 Å². The SMILES string of the molecule is CC(=O)NCc1ccc(-c2csc(NC(=O)c3cc(Cl)ccc3Cl)n2)o1. The Bertz CT molecular complexity index is 968. The van der Waals surface area contributed by atoms with Gasteiger partial charge in [-0.15, -0.1) is 11.3 Å². The number of hydrogen-bond donors (Lipinski definition) is 2. The average molecular weight is 410 g/mol. The van der Waals surface area contributed by atoms with E-state index in [0.717, 1.165) is 0 Å². The Labute approximate surface area is 163 Å². The van der Waals surface area contributed by atoms with Gasteiger partial charge in [0.1, 0.15) is 11.5 Å². The first-order valence-corrected chi connectivity index (χ1v) is 9.11. The lowest BCUT2D eigenvalue weighted by Crippen LogP contribution is -2.18. The van der Waals surface area contributed by atoms with Gasteiger partial charge in [-0.3, -0.25) is 14.9 Å². The van der Waals surface area contributed by atoms with E-state index in [0.29, 0.717) is 38.9 Å². The topological polar surface area (TPSA) is 84.2 Å². The number of furan rings is 1. The minimum Gasteiger partial charge on any atom is -0.458 e. The van der Waals surface area contributed by atoms with Gasteiger partial charge in [-0.05, 0) is 30.3 Å². The summed E-state index contributed by atoms with van der Waals surface area (Å²) in [6.45, 7) is 1.74. The number of nitrogens with zero attached hydrogens (tertiary/aromatic N) is 1. The van der Waals surface area contributed by atoms with Gasteiger partial charge in [0.05, 0.1) is 17.1 Å². The van der Waals surface area contributed by atoms with Crippen LogP contribution in [0.5, 0.6) is 0 Å². The van der Waals surface area contributed by atoms with Gasteiger partial charge in [0.2, 0.25) is 5.91 Å². The van der Waals surface area contributed by atoms with Crippen LogP contribution >= 0.6 is 34.5 Å². The minimum atomic E-state index is -0.399. The van der Waals surface area contributed by atoms with Gasteiger partial charge in [-0.1, -0.05) is 23.2 Å². The molecule has 2 heterocycles. The number of rotatable bonds is 5. The molecule has 0 spiro atoms. The van der Waals surface area contributed by atoms with E-state index in [1.165, 1.54) is 24.3 Å². The molecular formula is C17H13Cl2N3O3S. The normalized spacial score (nSPS) is 10.6. The highest BCUT2D eigenvalue weighted by Gasteiger charge is 2.15. The van der Waals surface area contributed by atoms with Crippen molar-refractivity contribution in [1.29, 1.82) is 0 Å². The highest BCUT2D eigenvalue weighted by molar-refractivity contribution is 7.14. The Morgan fingerprint density at radius 3 is 2.81 bits per heavy atom. The molecule has 2 N–H and O–H groups in total. The molecule has 0 saturated carbocycles. The summed E-state index contributed by atoms with van der Waals surface area (Å²) in [5.74, 6) is 0.618. The first kappa shape index (κ1) is 18.4. The molecule has 0 aliphatic rings.